The first-order valence-corrected chi connectivity index (χ1v) is 9.87. The van der Waals surface area contributed by atoms with Gasteiger partial charge in [-0.15, -0.1) is 0 Å². The lowest BCUT2D eigenvalue weighted by atomic mass is 9.66. The molecule has 4 rings (SSSR count). The number of likely N-dealkylation sites (tertiary alicyclic amines) is 1. The van der Waals surface area contributed by atoms with Crippen molar-refractivity contribution in [2.24, 2.45) is 13.0 Å². The van der Waals surface area contributed by atoms with Gasteiger partial charge in [0.05, 0.1) is 24.0 Å². The Balaban J connectivity index is 1.49. The molecule has 0 radical (unpaired) electrons. The molecule has 2 fully saturated rings. The molecular formula is C21H28N4O2. The van der Waals surface area contributed by atoms with E-state index in [9.17, 15) is 9.90 Å². The summed E-state index contributed by atoms with van der Waals surface area (Å²) in [7, 11) is 1.83. The second-order valence-corrected chi connectivity index (χ2v) is 7.92. The van der Waals surface area contributed by atoms with Crippen molar-refractivity contribution < 1.29 is 9.90 Å². The van der Waals surface area contributed by atoms with Gasteiger partial charge in [-0.05, 0) is 24.8 Å². The summed E-state index contributed by atoms with van der Waals surface area (Å²) in [5.74, 6) is 0.158. The molecule has 1 saturated carbocycles. The lowest BCUT2D eigenvalue weighted by molar-refractivity contribution is -0.133. The van der Waals surface area contributed by atoms with E-state index in [1.165, 1.54) is 0 Å². The van der Waals surface area contributed by atoms with E-state index >= 15 is 0 Å². The number of nitrogens with one attached hydrogen (secondary N) is 1. The highest BCUT2D eigenvalue weighted by Gasteiger charge is 2.49. The van der Waals surface area contributed by atoms with Crippen molar-refractivity contribution in [1.82, 2.24) is 14.7 Å². The van der Waals surface area contributed by atoms with Crippen molar-refractivity contribution in [1.29, 1.82) is 0 Å². The maximum absolute atomic E-state index is 12.5. The number of aryl methyl sites for hydroxylation is 1. The molecule has 6 heteroatoms. The zero-order chi connectivity index (χ0) is 18.9. The van der Waals surface area contributed by atoms with Crippen LogP contribution in [0.2, 0.25) is 0 Å². The molecule has 1 aliphatic heterocycles. The maximum Gasteiger partial charge on any atom is 0.238 e. The van der Waals surface area contributed by atoms with Crippen molar-refractivity contribution in [2.45, 2.75) is 43.7 Å². The van der Waals surface area contributed by atoms with Crippen LogP contribution in [0.5, 0.6) is 0 Å². The predicted octanol–water partition coefficient (Wildman–Crippen LogP) is 2.51. The smallest absolute Gasteiger partial charge is 0.238 e. The van der Waals surface area contributed by atoms with E-state index in [2.05, 4.69) is 15.3 Å². The van der Waals surface area contributed by atoms with E-state index in [-0.39, 0.29) is 17.9 Å². The van der Waals surface area contributed by atoms with Gasteiger partial charge in [0, 0.05) is 31.7 Å². The number of fused-ring (bicyclic) bond motifs is 1. The van der Waals surface area contributed by atoms with Gasteiger partial charge in [0.15, 0.2) is 0 Å². The minimum absolute atomic E-state index is 0.0162. The van der Waals surface area contributed by atoms with Crippen molar-refractivity contribution in [3.05, 3.63) is 48.3 Å². The van der Waals surface area contributed by atoms with E-state index in [1.807, 2.05) is 37.4 Å². The topological polar surface area (TPSA) is 70.4 Å². The summed E-state index contributed by atoms with van der Waals surface area (Å²) in [6.45, 7) is 1.09. The zero-order valence-electron chi connectivity index (χ0n) is 15.8. The summed E-state index contributed by atoms with van der Waals surface area (Å²) in [5.41, 5.74) is 0.949. The molecule has 1 aromatic carbocycles. The Bertz CT molecular complexity index is 790. The number of rotatable bonds is 4. The summed E-state index contributed by atoms with van der Waals surface area (Å²) in [6, 6.07) is 10.3. The van der Waals surface area contributed by atoms with Crippen LogP contribution in [0.15, 0.2) is 42.7 Å². The SMILES string of the molecule is Cn1cc(NC(=O)CN2CC[C@@](O)(c3ccccc3)[C@H]3CCCC[C@@H]32)cn1. The van der Waals surface area contributed by atoms with Crippen molar-refractivity contribution >= 4 is 11.6 Å². The third kappa shape index (κ3) is 3.64. The fraction of sp³-hybridized carbons (Fsp3) is 0.524. The second kappa shape index (κ2) is 7.44. The van der Waals surface area contributed by atoms with Crippen molar-refractivity contribution in [2.75, 3.05) is 18.4 Å². The maximum atomic E-state index is 12.5. The van der Waals surface area contributed by atoms with E-state index in [0.717, 1.165) is 43.5 Å². The number of piperidine rings is 1. The summed E-state index contributed by atoms with van der Waals surface area (Å²) in [6.07, 6.45) is 8.48. The molecule has 1 amide bonds. The number of anilines is 1. The highest BCUT2D eigenvalue weighted by molar-refractivity contribution is 5.92. The van der Waals surface area contributed by atoms with Gasteiger partial charge in [0.2, 0.25) is 5.91 Å². The first kappa shape index (κ1) is 18.2. The highest BCUT2D eigenvalue weighted by Crippen LogP contribution is 2.46. The van der Waals surface area contributed by atoms with Crippen LogP contribution in [0.25, 0.3) is 0 Å². The van der Waals surface area contributed by atoms with Crippen LogP contribution in [0, 0.1) is 5.92 Å². The molecule has 27 heavy (non-hydrogen) atoms. The Kier molecular flexibility index (Phi) is 5.02. The Morgan fingerprint density at radius 3 is 2.81 bits per heavy atom. The normalized spacial score (nSPS) is 28.5. The monoisotopic (exact) mass is 368 g/mol. The third-order valence-electron chi connectivity index (χ3n) is 6.20. The summed E-state index contributed by atoms with van der Waals surface area (Å²) >= 11 is 0. The standard InChI is InChI=1S/C21H28N4O2/c1-24-14-17(13-22-24)23-20(26)15-25-12-11-21(27,16-7-3-2-4-8-16)18-9-5-6-10-19(18)25/h2-4,7-8,13-14,18-19,27H,5-6,9-12,15H2,1H3,(H,23,26)/t18-,19-,21+/m0/s1. The largest absolute Gasteiger partial charge is 0.385 e. The molecule has 2 aromatic rings. The Morgan fingerprint density at radius 1 is 1.30 bits per heavy atom. The van der Waals surface area contributed by atoms with E-state index in [4.69, 9.17) is 0 Å². The number of aromatic nitrogens is 2. The number of hydrogen-bond donors (Lipinski definition) is 2. The Morgan fingerprint density at radius 2 is 2.07 bits per heavy atom. The zero-order valence-corrected chi connectivity index (χ0v) is 15.8. The van der Waals surface area contributed by atoms with Crippen molar-refractivity contribution in [3.8, 4) is 0 Å². The van der Waals surface area contributed by atoms with Gasteiger partial charge in [-0.3, -0.25) is 14.4 Å². The molecular weight excluding hydrogens is 340 g/mol. The van der Waals surface area contributed by atoms with Gasteiger partial charge < -0.3 is 10.4 Å². The number of carbonyl (C=O) groups is 1. The molecule has 0 spiro atoms. The van der Waals surface area contributed by atoms with E-state index in [0.29, 0.717) is 13.0 Å². The van der Waals surface area contributed by atoms with E-state index < -0.39 is 5.60 Å². The van der Waals surface area contributed by atoms with Crippen LogP contribution in [-0.4, -0.2) is 44.8 Å². The number of carbonyl (C=O) groups excluding carboxylic acids is 1. The predicted molar refractivity (Wildman–Crippen MR) is 104 cm³/mol. The van der Waals surface area contributed by atoms with Gasteiger partial charge >= 0.3 is 0 Å². The van der Waals surface area contributed by atoms with Crippen LogP contribution in [0.4, 0.5) is 5.69 Å². The van der Waals surface area contributed by atoms with Crippen LogP contribution < -0.4 is 5.32 Å². The molecule has 1 saturated heterocycles. The Labute approximate surface area is 160 Å². The first-order chi connectivity index (χ1) is 13.1. The molecule has 6 nitrogen and oxygen atoms in total. The van der Waals surface area contributed by atoms with Gasteiger partial charge in [-0.1, -0.05) is 43.2 Å². The first-order valence-electron chi connectivity index (χ1n) is 9.87. The summed E-state index contributed by atoms with van der Waals surface area (Å²) in [4.78, 5) is 14.8. The highest BCUT2D eigenvalue weighted by atomic mass is 16.3. The van der Waals surface area contributed by atoms with Crippen LogP contribution in [-0.2, 0) is 17.4 Å². The molecule has 1 aliphatic carbocycles. The molecule has 2 heterocycles. The minimum atomic E-state index is -0.789. The number of nitrogens with zero attached hydrogens (tertiary/aromatic N) is 3. The lowest BCUT2D eigenvalue weighted by Gasteiger charge is -2.52. The fourth-order valence-electron chi connectivity index (χ4n) is 4.92. The number of benzene rings is 1. The molecule has 144 valence electrons. The quantitative estimate of drug-likeness (QED) is 0.870. The molecule has 1 aromatic heterocycles. The second-order valence-electron chi connectivity index (χ2n) is 7.92. The van der Waals surface area contributed by atoms with Crippen LogP contribution in [0.3, 0.4) is 0 Å². The number of aliphatic hydroxyl groups is 1. The van der Waals surface area contributed by atoms with Crippen LogP contribution >= 0.6 is 0 Å². The molecule has 2 aliphatic rings. The van der Waals surface area contributed by atoms with Crippen LogP contribution in [0.1, 0.15) is 37.7 Å². The summed E-state index contributed by atoms with van der Waals surface area (Å²) < 4.78 is 1.67. The van der Waals surface area contributed by atoms with Gasteiger partial charge in [0.25, 0.3) is 0 Å². The Hall–Kier alpha value is -2.18. The summed E-state index contributed by atoms with van der Waals surface area (Å²) in [5, 5.41) is 18.6. The van der Waals surface area contributed by atoms with Gasteiger partial charge in [-0.25, -0.2) is 0 Å². The average Bonchev–Trinajstić information content (AvgIpc) is 3.09. The molecule has 3 atom stereocenters. The average molecular weight is 368 g/mol. The van der Waals surface area contributed by atoms with Crippen molar-refractivity contribution in [3.63, 3.8) is 0 Å². The van der Waals surface area contributed by atoms with E-state index in [1.54, 1.807) is 17.1 Å². The third-order valence-corrected chi connectivity index (χ3v) is 6.20. The molecule has 0 unspecified atom stereocenters. The lowest BCUT2D eigenvalue weighted by Crippen LogP contribution is -2.58. The minimum Gasteiger partial charge on any atom is -0.385 e. The number of amides is 1. The molecule has 2 N–H and O–H groups in total. The molecule has 0 bridgehead atoms. The van der Waals surface area contributed by atoms with Gasteiger partial charge in [-0.2, -0.15) is 5.10 Å². The van der Waals surface area contributed by atoms with Gasteiger partial charge in [0.1, 0.15) is 0 Å². The fourth-order valence-corrected chi connectivity index (χ4v) is 4.92. The number of hydrogen-bond acceptors (Lipinski definition) is 4.